The van der Waals surface area contributed by atoms with Gasteiger partial charge in [-0.3, -0.25) is 9.59 Å². The summed E-state index contributed by atoms with van der Waals surface area (Å²) in [7, 11) is 0. The summed E-state index contributed by atoms with van der Waals surface area (Å²) in [5, 5.41) is 5.85. The summed E-state index contributed by atoms with van der Waals surface area (Å²) in [4.78, 5) is 25.0. The van der Waals surface area contributed by atoms with E-state index in [1.165, 1.54) is 18.4 Å². The Bertz CT molecular complexity index is 808. The van der Waals surface area contributed by atoms with E-state index in [9.17, 15) is 9.59 Å². The van der Waals surface area contributed by atoms with Gasteiger partial charge in [0.1, 0.15) is 0 Å². The molecule has 4 nitrogen and oxygen atoms in total. The zero-order chi connectivity index (χ0) is 18.5. The second-order valence-electron chi connectivity index (χ2n) is 7.20. The standard InChI is InChI=1S/C22H26N2O2/c1-15-11-12-18(13-16(15)2)23-22(26)19-9-5-6-10-20(19)24-21(25)14-17-7-3-4-8-17/h5-6,9-13,17H,3-4,7-8,14H2,1-2H3,(H,23,26)(H,24,25). The normalized spacial score (nSPS) is 14.2. The van der Waals surface area contributed by atoms with Crippen LogP contribution >= 0.6 is 0 Å². The first kappa shape index (κ1) is 18.2. The van der Waals surface area contributed by atoms with Gasteiger partial charge in [-0.2, -0.15) is 0 Å². The van der Waals surface area contributed by atoms with Crippen molar-refractivity contribution in [2.24, 2.45) is 5.92 Å². The van der Waals surface area contributed by atoms with Crippen LogP contribution in [0.3, 0.4) is 0 Å². The molecule has 2 amide bonds. The van der Waals surface area contributed by atoms with Crippen molar-refractivity contribution in [1.82, 2.24) is 0 Å². The number of para-hydroxylation sites is 1. The number of aryl methyl sites for hydroxylation is 2. The number of nitrogens with one attached hydrogen (secondary N) is 2. The number of hydrogen-bond acceptors (Lipinski definition) is 2. The molecular formula is C22H26N2O2. The minimum absolute atomic E-state index is 0.0108. The summed E-state index contributed by atoms with van der Waals surface area (Å²) >= 11 is 0. The van der Waals surface area contributed by atoms with E-state index < -0.39 is 0 Å². The maximum Gasteiger partial charge on any atom is 0.257 e. The molecule has 2 N–H and O–H groups in total. The van der Waals surface area contributed by atoms with Crippen LogP contribution in [0.15, 0.2) is 42.5 Å². The molecule has 0 radical (unpaired) electrons. The summed E-state index contributed by atoms with van der Waals surface area (Å²) in [6.07, 6.45) is 5.22. The van der Waals surface area contributed by atoms with Crippen molar-refractivity contribution in [3.63, 3.8) is 0 Å². The van der Waals surface area contributed by atoms with Gasteiger partial charge in [0.2, 0.25) is 5.91 Å². The number of hydrogen-bond donors (Lipinski definition) is 2. The largest absolute Gasteiger partial charge is 0.325 e. The van der Waals surface area contributed by atoms with Gasteiger partial charge in [-0.25, -0.2) is 0 Å². The van der Waals surface area contributed by atoms with Crippen LogP contribution in [0.5, 0.6) is 0 Å². The summed E-state index contributed by atoms with van der Waals surface area (Å²) in [6, 6.07) is 13.0. The predicted octanol–water partition coefficient (Wildman–Crippen LogP) is 5.07. The molecule has 1 aliphatic carbocycles. The highest BCUT2D eigenvalue weighted by Gasteiger charge is 2.20. The van der Waals surface area contributed by atoms with Crippen LogP contribution in [-0.4, -0.2) is 11.8 Å². The number of benzene rings is 2. The first-order chi connectivity index (χ1) is 12.5. The highest BCUT2D eigenvalue weighted by Crippen LogP contribution is 2.28. The van der Waals surface area contributed by atoms with E-state index in [4.69, 9.17) is 0 Å². The predicted molar refractivity (Wildman–Crippen MR) is 106 cm³/mol. The second kappa shape index (κ2) is 8.17. The van der Waals surface area contributed by atoms with Gasteiger partial charge in [0.05, 0.1) is 11.3 Å². The average Bonchev–Trinajstić information content (AvgIpc) is 3.11. The Labute approximate surface area is 155 Å². The van der Waals surface area contributed by atoms with Gasteiger partial charge in [-0.05, 0) is 68.0 Å². The number of anilines is 2. The third-order valence-electron chi connectivity index (χ3n) is 5.16. The Hall–Kier alpha value is -2.62. The second-order valence-corrected chi connectivity index (χ2v) is 7.20. The van der Waals surface area contributed by atoms with Crippen molar-refractivity contribution in [2.45, 2.75) is 46.0 Å². The van der Waals surface area contributed by atoms with E-state index >= 15 is 0 Å². The molecule has 0 saturated heterocycles. The molecule has 4 heteroatoms. The highest BCUT2D eigenvalue weighted by molar-refractivity contribution is 6.10. The molecule has 26 heavy (non-hydrogen) atoms. The van der Waals surface area contributed by atoms with Gasteiger partial charge in [0.25, 0.3) is 5.91 Å². The lowest BCUT2D eigenvalue weighted by Crippen LogP contribution is -2.19. The Morgan fingerprint density at radius 2 is 1.69 bits per heavy atom. The summed E-state index contributed by atoms with van der Waals surface area (Å²) < 4.78 is 0. The molecule has 3 rings (SSSR count). The van der Waals surface area contributed by atoms with Crippen molar-refractivity contribution in [3.05, 3.63) is 59.2 Å². The van der Waals surface area contributed by atoms with Gasteiger partial charge < -0.3 is 10.6 Å². The summed E-state index contributed by atoms with van der Waals surface area (Å²) in [5.74, 6) is 0.250. The van der Waals surface area contributed by atoms with Gasteiger partial charge in [0, 0.05) is 12.1 Å². The van der Waals surface area contributed by atoms with Crippen molar-refractivity contribution in [3.8, 4) is 0 Å². The molecule has 2 aromatic carbocycles. The van der Waals surface area contributed by atoms with Gasteiger partial charge in [0.15, 0.2) is 0 Å². The van der Waals surface area contributed by atoms with E-state index in [0.29, 0.717) is 23.6 Å². The van der Waals surface area contributed by atoms with Crippen molar-refractivity contribution in [2.75, 3.05) is 10.6 Å². The van der Waals surface area contributed by atoms with Crippen LogP contribution in [0.2, 0.25) is 0 Å². The van der Waals surface area contributed by atoms with Gasteiger partial charge >= 0.3 is 0 Å². The molecule has 0 aliphatic heterocycles. The smallest absolute Gasteiger partial charge is 0.257 e. The zero-order valence-electron chi connectivity index (χ0n) is 15.5. The number of rotatable bonds is 5. The summed E-state index contributed by atoms with van der Waals surface area (Å²) in [5.41, 5.74) is 4.11. The first-order valence-corrected chi connectivity index (χ1v) is 9.30. The fourth-order valence-electron chi connectivity index (χ4n) is 3.49. The molecule has 0 atom stereocenters. The molecule has 2 aromatic rings. The Morgan fingerprint density at radius 3 is 2.42 bits per heavy atom. The Morgan fingerprint density at radius 1 is 0.962 bits per heavy atom. The van der Waals surface area contributed by atoms with Crippen LogP contribution in [0, 0.1) is 19.8 Å². The highest BCUT2D eigenvalue weighted by atomic mass is 16.2. The number of carbonyl (C=O) groups excluding carboxylic acids is 2. The third kappa shape index (κ3) is 4.51. The fourth-order valence-corrected chi connectivity index (χ4v) is 3.49. The van der Waals surface area contributed by atoms with Crippen LogP contribution in [-0.2, 0) is 4.79 Å². The SMILES string of the molecule is Cc1ccc(NC(=O)c2ccccc2NC(=O)CC2CCCC2)cc1C. The van der Waals surface area contributed by atoms with E-state index in [1.54, 1.807) is 12.1 Å². The number of amides is 2. The molecule has 1 aliphatic rings. The van der Waals surface area contributed by atoms with Gasteiger partial charge in [-0.15, -0.1) is 0 Å². The Balaban J connectivity index is 1.70. The molecule has 0 aromatic heterocycles. The van der Waals surface area contributed by atoms with Crippen LogP contribution < -0.4 is 10.6 Å². The molecule has 0 heterocycles. The van der Waals surface area contributed by atoms with E-state index in [1.807, 2.05) is 44.2 Å². The molecule has 136 valence electrons. The van der Waals surface area contributed by atoms with Gasteiger partial charge in [-0.1, -0.05) is 31.0 Å². The minimum atomic E-state index is -0.218. The number of carbonyl (C=O) groups is 2. The van der Waals surface area contributed by atoms with Crippen LogP contribution in [0.1, 0.15) is 53.6 Å². The maximum atomic E-state index is 12.7. The minimum Gasteiger partial charge on any atom is -0.325 e. The topological polar surface area (TPSA) is 58.2 Å². The quantitative estimate of drug-likeness (QED) is 0.790. The van der Waals surface area contributed by atoms with Crippen LogP contribution in [0.4, 0.5) is 11.4 Å². The van der Waals surface area contributed by atoms with E-state index in [0.717, 1.165) is 24.1 Å². The maximum absolute atomic E-state index is 12.7. The average molecular weight is 350 g/mol. The van der Waals surface area contributed by atoms with Crippen molar-refractivity contribution >= 4 is 23.2 Å². The van der Waals surface area contributed by atoms with E-state index in [-0.39, 0.29) is 11.8 Å². The fraction of sp³-hybridized carbons (Fsp3) is 0.364. The lowest BCUT2D eigenvalue weighted by molar-refractivity contribution is -0.117. The molecular weight excluding hydrogens is 324 g/mol. The van der Waals surface area contributed by atoms with Crippen molar-refractivity contribution < 1.29 is 9.59 Å². The van der Waals surface area contributed by atoms with Crippen LogP contribution in [0.25, 0.3) is 0 Å². The molecule has 1 fully saturated rings. The monoisotopic (exact) mass is 350 g/mol. The molecule has 0 spiro atoms. The first-order valence-electron chi connectivity index (χ1n) is 9.30. The zero-order valence-corrected chi connectivity index (χ0v) is 15.5. The molecule has 1 saturated carbocycles. The third-order valence-corrected chi connectivity index (χ3v) is 5.16. The van der Waals surface area contributed by atoms with E-state index in [2.05, 4.69) is 10.6 Å². The lowest BCUT2D eigenvalue weighted by atomic mass is 10.0. The Kier molecular flexibility index (Phi) is 5.71. The molecule has 0 unspecified atom stereocenters. The molecule has 0 bridgehead atoms. The lowest BCUT2D eigenvalue weighted by Gasteiger charge is -2.13. The van der Waals surface area contributed by atoms with Crippen molar-refractivity contribution in [1.29, 1.82) is 0 Å². The summed E-state index contributed by atoms with van der Waals surface area (Å²) in [6.45, 7) is 4.05.